The number of carbonyl (C=O) groups excluding carboxylic acids is 1. The molecule has 1 atom stereocenters. The van der Waals surface area contributed by atoms with E-state index in [0.717, 1.165) is 39.1 Å². The van der Waals surface area contributed by atoms with Crippen molar-refractivity contribution in [2.45, 2.75) is 12.8 Å². The van der Waals surface area contributed by atoms with Crippen LogP contribution in [0.5, 0.6) is 0 Å². The van der Waals surface area contributed by atoms with Crippen LogP contribution in [-0.4, -0.2) is 55.7 Å². The first-order valence-corrected chi connectivity index (χ1v) is 7.31. The van der Waals surface area contributed by atoms with Crippen LogP contribution in [0.15, 0.2) is 12.3 Å². The first-order valence-electron chi connectivity index (χ1n) is 7.31. The smallest absolute Gasteiger partial charge is 0.267 e. The SMILES string of the molecule is COCCN1CCC[C@@H](CNC(=O)c2cc(C#N)c[nH]2)C1. The van der Waals surface area contributed by atoms with E-state index in [0.29, 0.717) is 23.7 Å². The molecule has 1 aliphatic rings. The Morgan fingerprint density at radius 2 is 2.52 bits per heavy atom. The largest absolute Gasteiger partial charge is 0.383 e. The Kier molecular flexibility index (Phi) is 5.78. The zero-order valence-corrected chi connectivity index (χ0v) is 12.4. The molecule has 114 valence electrons. The minimum Gasteiger partial charge on any atom is -0.383 e. The number of H-pyrrole nitrogens is 1. The van der Waals surface area contributed by atoms with Crippen molar-refractivity contribution in [1.29, 1.82) is 5.26 Å². The summed E-state index contributed by atoms with van der Waals surface area (Å²) in [6, 6.07) is 3.57. The van der Waals surface area contributed by atoms with Gasteiger partial charge < -0.3 is 19.9 Å². The highest BCUT2D eigenvalue weighted by molar-refractivity contribution is 5.92. The molecule has 6 heteroatoms. The summed E-state index contributed by atoms with van der Waals surface area (Å²) >= 11 is 0. The molecule has 21 heavy (non-hydrogen) atoms. The van der Waals surface area contributed by atoms with E-state index in [4.69, 9.17) is 10.00 Å². The monoisotopic (exact) mass is 290 g/mol. The van der Waals surface area contributed by atoms with Gasteiger partial charge in [-0.3, -0.25) is 4.79 Å². The van der Waals surface area contributed by atoms with Crippen LogP contribution in [0.2, 0.25) is 0 Å². The molecule has 0 bridgehead atoms. The summed E-state index contributed by atoms with van der Waals surface area (Å²) in [5.74, 6) is 0.329. The van der Waals surface area contributed by atoms with Crippen LogP contribution in [0, 0.1) is 17.2 Å². The number of methoxy groups -OCH3 is 1. The van der Waals surface area contributed by atoms with Gasteiger partial charge >= 0.3 is 0 Å². The average molecular weight is 290 g/mol. The molecule has 1 amide bonds. The fourth-order valence-corrected chi connectivity index (χ4v) is 2.66. The van der Waals surface area contributed by atoms with E-state index in [1.807, 2.05) is 6.07 Å². The van der Waals surface area contributed by atoms with Crippen LogP contribution in [-0.2, 0) is 4.74 Å². The lowest BCUT2D eigenvalue weighted by Crippen LogP contribution is -2.42. The van der Waals surface area contributed by atoms with E-state index in [1.54, 1.807) is 19.4 Å². The Balaban J connectivity index is 1.77. The summed E-state index contributed by atoms with van der Waals surface area (Å²) in [6.07, 6.45) is 3.84. The predicted octanol–water partition coefficient (Wildman–Crippen LogP) is 0.975. The maximum absolute atomic E-state index is 12.0. The summed E-state index contributed by atoms with van der Waals surface area (Å²) in [5, 5.41) is 11.7. The molecule has 1 aromatic rings. The van der Waals surface area contributed by atoms with Crippen molar-refractivity contribution >= 4 is 5.91 Å². The molecule has 2 N–H and O–H groups in total. The topological polar surface area (TPSA) is 81.2 Å². The van der Waals surface area contributed by atoms with Gasteiger partial charge in [-0.2, -0.15) is 5.26 Å². The van der Waals surface area contributed by atoms with Crippen LogP contribution in [0.25, 0.3) is 0 Å². The fraction of sp³-hybridized carbons (Fsp3) is 0.600. The number of nitrogens with zero attached hydrogens (tertiary/aromatic N) is 2. The third-order valence-corrected chi connectivity index (χ3v) is 3.82. The Labute approximate surface area is 125 Å². The molecule has 0 unspecified atom stereocenters. The molecular formula is C15H22N4O2. The summed E-state index contributed by atoms with van der Waals surface area (Å²) in [5.41, 5.74) is 0.919. The molecule has 2 rings (SSSR count). The molecule has 1 aliphatic heterocycles. The second kappa shape index (κ2) is 7.81. The normalized spacial score (nSPS) is 19.1. The number of aromatic nitrogens is 1. The maximum Gasteiger partial charge on any atom is 0.267 e. The first-order chi connectivity index (χ1) is 10.2. The molecular weight excluding hydrogens is 268 g/mol. The maximum atomic E-state index is 12.0. The minimum atomic E-state index is -0.148. The summed E-state index contributed by atoms with van der Waals surface area (Å²) < 4.78 is 5.11. The zero-order valence-electron chi connectivity index (χ0n) is 12.4. The third-order valence-electron chi connectivity index (χ3n) is 3.82. The Hall–Kier alpha value is -1.84. The third kappa shape index (κ3) is 4.59. The molecule has 0 saturated carbocycles. The molecule has 1 aromatic heterocycles. The van der Waals surface area contributed by atoms with Crippen molar-refractivity contribution in [3.63, 3.8) is 0 Å². The summed E-state index contributed by atoms with van der Waals surface area (Å²) in [4.78, 5) is 17.2. The van der Waals surface area contributed by atoms with Crippen molar-refractivity contribution in [1.82, 2.24) is 15.2 Å². The van der Waals surface area contributed by atoms with Crippen LogP contribution in [0.1, 0.15) is 28.9 Å². The molecule has 1 fully saturated rings. The number of likely N-dealkylation sites (tertiary alicyclic amines) is 1. The number of carbonyl (C=O) groups is 1. The number of amides is 1. The average Bonchev–Trinajstić information content (AvgIpc) is 3.00. The Morgan fingerprint density at radius 1 is 1.67 bits per heavy atom. The van der Waals surface area contributed by atoms with Crippen LogP contribution in [0.3, 0.4) is 0 Å². The van der Waals surface area contributed by atoms with Gasteiger partial charge in [-0.1, -0.05) is 0 Å². The lowest BCUT2D eigenvalue weighted by atomic mass is 9.98. The molecule has 0 spiro atoms. The van der Waals surface area contributed by atoms with E-state index in [-0.39, 0.29) is 5.91 Å². The predicted molar refractivity (Wildman–Crippen MR) is 78.9 cm³/mol. The number of hydrogen-bond donors (Lipinski definition) is 2. The molecule has 0 aliphatic carbocycles. The number of piperidine rings is 1. The lowest BCUT2D eigenvalue weighted by molar-refractivity contribution is 0.0909. The van der Waals surface area contributed by atoms with Gasteiger partial charge in [0, 0.05) is 32.9 Å². The van der Waals surface area contributed by atoms with Gasteiger partial charge in [0.2, 0.25) is 0 Å². The standard InChI is InChI=1S/C15H22N4O2/c1-21-6-5-19-4-2-3-12(11-19)9-18-15(20)14-7-13(8-16)10-17-14/h7,10,12,17H,2-6,9,11H2,1H3,(H,18,20)/t12-/m0/s1. The molecule has 6 nitrogen and oxygen atoms in total. The number of rotatable bonds is 6. The lowest BCUT2D eigenvalue weighted by Gasteiger charge is -2.32. The van der Waals surface area contributed by atoms with E-state index in [2.05, 4.69) is 15.2 Å². The molecule has 0 aromatic carbocycles. The highest BCUT2D eigenvalue weighted by Crippen LogP contribution is 2.15. The Bertz CT molecular complexity index is 506. The van der Waals surface area contributed by atoms with Gasteiger partial charge in [-0.05, 0) is 31.4 Å². The first kappa shape index (κ1) is 15.5. The van der Waals surface area contributed by atoms with Gasteiger partial charge in [0.05, 0.1) is 12.2 Å². The van der Waals surface area contributed by atoms with Crippen molar-refractivity contribution in [3.8, 4) is 6.07 Å². The van der Waals surface area contributed by atoms with Gasteiger partial charge in [0.1, 0.15) is 11.8 Å². The second-order valence-electron chi connectivity index (χ2n) is 5.43. The van der Waals surface area contributed by atoms with Crippen LogP contribution >= 0.6 is 0 Å². The highest BCUT2D eigenvalue weighted by atomic mass is 16.5. The summed E-state index contributed by atoms with van der Waals surface area (Å²) in [6.45, 7) is 4.47. The number of hydrogen-bond acceptors (Lipinski definition) is 4. The van der Waals surface area contributed by atoms with Crippen LogP contribution in [0.4, 0.5) is 0 Å². The number of nitriles is 1. The molecule has 0 radical (unpaired) electrons. The van der Waals surface area contributed by atoms with Gasteiger partial charge in [-0.15, -0.1) is 0 Å². The van der Waals surface area contributed by atoms with E-state index in [9.17, 15) is 4.79 Å². The van der Waals surface area contributed by atoms with Crippen molar-refractivity contribution in [2.75, 3.05) is 39.9 Å². The quantitative estimate of drug-likeness (QED) is 0.818. The van der Waals surface area contributed by atoms with Gasteiger partial charge in [0.25, 0.3) is 5.91 Å². The van der Waals surface area contributed by atoms with Crippen molar-refractivity contribution < 1.29 is 9.53 Å². The summed E-state index contributed by atoms with van der Waals surface area (Å²) in [7, 11) is 1.72. The fourth-order valence-electron chi connectivity index (χ4n) is 2.66. The number of nitrogens with one attached hydrogen (secondary N) is 2. The van der Waals surface area contributed by atoms with Gasteiger partial charge in [0.15, 0.2) is 0 Å². The number of aromatic amines is 1. The van der Waals surface area contributed by atoms with Crippen molar-refractivity contribution in [3.05, 3.63) is 23.5 Å². The zero-order chi connectivity index (χ0) is 15.1. The van der Waals surface area contributed by atoms with E-state index in [1.165, 1.54) is 0 Å². The minimum absolute atomic E-state index is 0.148. The molecule has 1 saturated heterocycles. The van der Waals surface area contributed by atoms with Crippen molar-refractivity contribution in [2.24, 2.45) is 5.92 Å². The van der Waals surface area contributed by atoms with E-state index >= 15 is 0 Å². The molecule has 2 heterocycles. The second-order valence-corrected chi connectivity index (χ2v) is 5.43. The van der Waals surface area contributed by atoms with E-state index < -0.39 is 0 Å². The highest BCUT2D eigenvalue weighted by Gasteiger charge is 2.20. The number of ether oxygens (including phenoxy) is 1. The Morgan fingerprint density at radius 3 is 3.24 bits per heavy atom. The van der Waals surface area contributed by atoms with Crippen LogP contribution < -0.4 is 5.32 Å². The van der Waals surface area contributed by atoms with Gasteiger partial charge in [-0.25, -0.2) is 0 Å².